The number of rotatable bonds is 3. The second-order valence-corrected chi connectivity index (χ2v) is 7.18. The lowest BCUT2D eigenvalue weighted by molar-refractivity contribution is 0.311. The molecule has 3 heterocycles. The van der Waals surface area contributed by atoms with Gasteiger partial charge < -0.3 is 14.7 Å². The molecule has 3 rings (SSSR count). The van der Waals surface area contributed by atoms with Crippen molar-refractivity contribution in [3.63, 3.8) is 0 Å². The van der Waals surface area contributed by atoms with Crippen LogP contribution in [0.1, 0.15) is 19.3 Å². The van der Waals surface area contributed by atoms with Gasteiger partial charge >= 0.3 is 0 Å². The van der Waals surface area contributed by atoms with Gasteiger partial charge in [0.05, 0.1) is 4.90 Å². The van der Waals surface area contributed by atoms with Crippen molar-refractivity contribution >= 4 is 35.1 Å². The summed E-state index contributed by atoms with van der Waals surface area (Å²) in [6.45, 7) is 6.20. The first-order valence-corrected chi connectivity index (χ1v) is 9.59. The maximum atomic E-state index is 6.47. The highest BCUT2D eigenvalue weighted by atomic mass is 35.5. The molecule has 7 heteroatoms. The van der Waals surface area contributed by atoms with Crippen LogP contribution in [0.25, 0.3) is 0 Å². The van der Waals surface area contributed by atoms with Crippen LogP contribution in [0.2, 0.25) is 5.15 Å². The number of thioether (sulfide) groups is 1. The fourth-order valence-electron chi connectivity index (χ4n) is 3.04. The quantitative estimate of drug-likeness (QED) is 0.621. The third kappa shape index (κ3) is 3.44. The van der Waals surface area contributed by atoms with Crippen LogP contribution in [0.3, 0.4) is 0 Å². The van der Waals surface area contributed by atoms with Crippen LogP contribution >= 0.6 is 23.4 Å². The molecular formula is C15H24ClN5S. The van der Waals surface area contributed by atoms with Gasteiger partial charge in [-0.05, 0) is 32.6 Å². The van der Waals surface area contributed by atoms with E-state index in [-0.39, 0.29) is 0 Å². The van der Waals surface area contributed by atoms with Gasteiger partial charge in [-0.15, -0.1) is 11.8 Å². The summed E-state index contributed by atoms with van der Waals surface area (Å²) in [6, 6.07) is 0. The molecule has 0 N–H and O–H groups in total. The molecule has 0 bridgehead atoms. The Kier molecular flexibility index (Phi) is 5.31. The van der Waals surface area contributed by atoms with E-state index < -0.39 is 0 Å². The smallest absolute Gasteiger partial charge is 0.228 e. The zero-order valence-corrected chi connectivity index (χ0v) is 15.0. The Morgan fingerprint density at radius 3 is 2.23 bits per heavy atom. The van der Waals surface area contributed by atoms with E-state index in [4.69, 9.17) is 16.6 Å². The maximum absolute atomic E-state index is 6.47. The van der Waals surface area contributed by atoms with E-state index in [1.165, 1.54) is 19.3 Å². The van der Waals surface area contributed by atoms with Crippen molar-refractivity contribution in [1.82, 2.24) is 14.9 Å². The van der Waals surface area contributed by atoms with Crippen molar-refractivity contribution in [3.05, 3.63) is 5.15 Å². The minimum atomic E-state index is 0.594. The highest BCUT2D eigenvalue weighted by Crippen LogP contribution is 2.35. The summed E-state index contributed by atoms with van der Waals surface area (Å²) < 4.78 is 0. The van der Waals surface area contributed by atoms with Gasteiger partial charge in [0, 0.05) is 39.3 Å². The predicted molar refractivity (Wildman–Crippen MR) is 94.6 cm³/mol. The zero-order valence-electron chi connectivity index (χ0n) is 13.4. The summed E-state index contributed by atoms with van der Waals surface area (Å²) in [5.41, 5.74) is 0. The standard InChI is InChI=1S/C15H24ClN5S/c1-19-8-10-20(11-9-19)14-12(22-2)13(16)17-15(18-14)21-6-4-3-5-7-21/h3-11H2,1-2H3. The third-order valence-corrected chi connectivity index (χ3v) is 5.61. The molecule has 0 unspecified atom stereocenters. The molecule has 2 fully saturated rings. The monoisotopic (exact) mass is 341 g/mol. The Hall–Kier alpha value is -0.720. The summed E-state index contributed by atoms with van der Waals surface area (Å²) in [5, 5.41) is 0.594. The second-order valence-electron chi connectivity index (χ2n) is 6.01. The molecule has 1 aromatic heterocycles. The van der Waals surface area contributed by atoms with Gasteiger partial charge in [0.25, 0.3) is 0 Å². The van der Waals surface area contributed by atoms with Crippen molar-refractivity contribution in [2.75, 3.05) is 62.4 Å². The van der Waals surface area contributed by atoms with Crippen molar-refractivity contribution in [2.24, 2.45) is 0 Å². The molecule has 0 spiro atoms. The zero-order chi connectivity index (χ0) is 15.5. The molecule has 2 saturated heterocycles. The van der Waals surface area contributed by atoms with E-state index in [0.717, 1.165) is 55.9 Å². The largest absolute Gasteiger partial charge is 0.353 e. The van der Waals surface area contributed by atoms with E-state index >= 15 is 0 Å². The first kappa shape index (κ1) is 16.1. The molecule has 0 saturated carbocycles. The van der Waals surface area contributed by atoms with Crippen LogP contribution in [-0.2, 0) is 0 Å². The van der Waals surface area contributed by atoms with Crippen molar-refractivity contribution in [3.8, 4) is 0 Å². The van der Waals surface area contributed by atoms with Gasteiger partial charge in [0.15, 0.2) is 0 Å². The van der Waals surface area contributed by atoms with Gasteiger partial charge in [-0.2, -0.15) is 9.97 Å². The van der Waals surface area contributed by atoms with Gasteiger partial charge in [-0.25, -0.2) is 0 Å². The van der Waals surface area contributed by atoms with Crippen LogP contribution in [0.5, 0.6) is 0 Å². The van der Waals surface area contributed by atoms with Crippen molar-refractivity contribution < 1.29 is 0 Å². The van der Waals surface area contributed by atoms with Crippen molar-refractivity contribution in [1.29, 1.82) is 0 Å². The van der Waals surface area contributed by atoms with Gasteiger partial charge in [0.1, 0.15) is 11.0 Å². The highest BCUT2D eigenvalue weighted by Gasteiger charge is 2.23. The molecule has 0 atom stereocenters. The SMILES string of the molecule is CSc1c(Cl)nc(N2CCCCC2)nc1N1CCN(C)CC1. The first-order valence-electron chi connectivity index (χ1n) is 7.99. The van der Waals surface area contributed by atoms with Gasteiger partial charge in [-0.3, -0.25) is 0 Å². The summed E-state index contributed by atoms with van der Waals surface area (Å²) in [7, 11) is 2.17. The molecule has 2 aliphatic rings. The lowest BCUT2D eigenvalue weighted by Gasteiger charge is -2.35. The number of likely N-dealkylation sites (N-methyl/N-ethyl adjacent to an activating group) is 1. The molecule has 122 valence electrons. The number of piperazine rings is 1. The molecular weight excluding hydrogens is 318 g/mol. The Balaban J connectivity index is 1.90. The number of halogens is 1. The second kappa shape index (κ2) is 7.23. The summed E-state index contributed by atoms with van der Waals surface area (Å²) in [5.74, 6) is 1.82. The summed E-state index contributed by atoms with van der Waals surface area (Å²) in [6.07, 6.45) is 5.79. The van der Waals surface area contributed by atoms with Crippen LogP contribution in [-0.4, -0.2) is 67.4 Å². The lowest BCUT2D eigenvalue weighted by Crippen LogP contribution is -2.45. The van der Waals surface area contributed by atoms with Gasteiger partial charge in [0.2, 0.25) is 5.95 Å². The normalized spacial score (nSPS) is 20.5. The number of anilines is 2. The van der Waals surface area contributed by atoms with Crippen LogP contribution in [0.15, 0.2) is 4.90 Å². The van der Waals surface area contributed by atoms with Crippen LogP contribution in [0.4, 0.5) is 11.8 Å². The van der Waals surface area contributed by atoms with E-state index in [1.807, 2.05) is 6.26 Å². The average Bonchev–Trinajstić information content (AvgIpc) is 2.55. The molecule has 0 amide bonds. The maximum Gasteiger partial charge on any atom is 0.228 e. The van der Waals surface area contributed by atoms with Crippen LogP contribution < -0.4 is 9.80 Å². The molecule has 5 nitrogen and oxygen atoms in total. The van der Waals surface area contributed by atoms with Gasteiger partial charge in [-0.1, -0.05) is 11.6 Å². The summed E-state index contributed by atoms with van der Waals surface area (Å²) >= 11 is 8.11. The van der Waals surface area contributed by atoms with E-state index in [1.54, 1.807) is 11.8 Å². The molecule has 22 heavy (non-hydrogen) atoms. The Morgan fingerprint density at radius 2 is 1.59 bits per heavy atom. The summed E-state index contributed by atoms with van der Waals surface area (Å²) in [4.78, 5) is 17.4. The van der Waals surface area contributed by atoms with Crippen molar-refractivity contribution in [2.45, 2.75) is 24.2 Å². The first-order chi connectivity index (χ1) is 10.7. The minimum Gasteiger partial charge on any atom is -0.353 e. The molecule has 0 aliphatic carbocycles. The Bertz CT molecular complexity index is 513. The minimum absolute atomic E-state index is 0.594. The molecule has 1 aromatic rings. The fourth-order valence-corrected chi connectivity index (χ4v) is 4.01. The van der Waals surface area contributed by atoms with E-state index in [2.05, 4.69) is 26.7 Å². The highest BCUT2D eigenvalue weighted by molar-refractivity contribution is 7.98. The number of piperidine rings is 1. The Morgan fingerprint density at radius 1 is 0.909 bits per heavy atom. The molecule has 0 aromatic carbocycles. The Labute approximate surface area is 142 Å². The average molecular weight is 342 g/mol. The number of nitrogens with zero attached hydrogens (tertiary/aromatic N) is 5. The fraction of sp³-hybridized carbons (Fsp3) is 0.733. The van der Waals surface area contributed by atoms with Crippen LogP contribution in [0, 0.1) is 0 Å². The number of aromatic nitrogens is 2. The predicted octanol–water partition coefficient (Wildman–Crippen LogP) is 2.59. The molecule has 2 aliphatic heterocycles. The number of hydrogen-bond donors (Lipinski definition) is 0. The molecule has 0 radical (unpaired) electrons. The van der Waals surface area contributed by atoms with E-state index in [9.17, 15) is 0 Å². The van der Waals surface area contributed by atoms with E-state index in [0.29, 0.717) is 5.15 Å². The number of hydrogen-bond acceptors (Lipinski definition) is 6. The third-order valence-electron chi connectivity index (χ3n) is 4.44. The topological polar surface area (TPSA) is 35.5 Å². The lowest BCUT2D eigenvalue weighted by atomic mass is 10.1.